The molecule has 3 radical (unpaired) electrons. The first-order valence-corrected chi connectivity index (χ1v) is 16.8. The molecule has 13 heteroatoms. The Balaban J connectivity index is 1.34. The SMILES string of the molecule is Cc1cc(Nc2ncnc3cc(Br)c(CC4CCC[C@]([Si])(CC=O)N(C(=O)OC(C)(C)C)CC4)nc23)ccc1Oc1cncc(F)c1. The molecule has 245 valence electrons. The van der Waals surface area contributed by atoms with E-state index >= 15 is 0 Å². The van der Waals surface area contributed by atoms with E-state index in [1.54, 1.807) is 11.0 Å². The van der Waals surface area contributed by atoms with Crippen LogP contribution < -0.4 is 10.1 Å². The molecule has 1 aromatic carbocycles. The molecule has 5 rings (SSSR count). The number of anilines is 2. The van der Waals surface area contributed by atoms with Gasteiger partial charge in [0.1, 0.15) is 41.0 Å². The van der Waals surface area contributed by atoms with Gasteiger partial charge in [-0.05, 0) is 105 Å². The smallest absolute Gasteiger partial charge is 0.410 e. The maximum absolute atomic E-state index is 13.6. The Hall–Kier alpha value is -3.97. The van der Waals surface area contributed by atoms with Crippen molar-refractivity contribution in [2.75, 3.05) is 11.9 Å². The van der Waals surface area contributed by atoms with E-state index in [0.717, 1.165) is 46.7 Å². The Morgan fingerprint density at radius 3 is 2.74 bits per heavy atom. The van der Waals surface area contributed by atoms with E-state index < -0.39 is 22.7 Å². The van der Waals surface area contributed by atoms with Crippen molar-refractivity contribution in [3.05, 3.63) is 70.6 Å². The Morgan fingerprint density at radius 2 is 2.02 bits per heavy atom. The van der Waals surface area contributed by atoms with Crippen molar-refractivity contribution in [2.45, 2.75) is 77.0 Å². The number of hydrogen-bond acceptors (Lipinski definition) is 9. The minimum Gasteiger partial charge on any atom is -0.455 e. The zero-order valence-corrected chi connectivity index (χ0v) is 29.4. The molecule has 1 aliphatic heterocycles. The predicted octanol–water partition coefficient (Wildman–Crippen LogP) is 7.59. The van der Waals surface area contributed by atoms with Gasteiger partial charge in [0.05, 0.1) is 33.8 Å². The third-order valence-electron chi connectivity index (χ3n) is 7.98. The monoisotopic (exact) mass is 719 g/mol. The van der Waals surface area contributed by atoms with E-state index in [9.17, 15) is 14.0 Å². The quantitative estimate of drug-likeness (QED) is 0.145. The van der Waals surface area contributed by atoms with E-state index in [4.69, 9.17) is 14.5 Å². The molecule has 3 aromatic heterocycles. The molecule has 1 N–H and O–H groups in total. The fourth-order valence-corrected chi connectivity index (χ4v) is 6.62. The van der Waals surface area contributed by atoms with E-state index in [0.29, 0.717) is 54.2 Å². The average Bonchev–Trinajstić information content (AvgIpc) is 2.97. The first kappa shape index (κ1) is 34.4. The van der Waals surface area contributed by atoms with E-state index in [-0.39, 0.29) is 12.3 Å². The summed E-state index contributed by atoms with van der Waals surface area (Å²) in [6, 6.07) is 8.79. The summed E-state index contributed by atoms with van der Waals surface area (Å²) in [5.41, 5.74) is 3.12. The van der Waals surface area contributed by atoms with Crippen molar-refractivity contribution >= 4 is 61.1 Å². The van der Waals surface area contributed by atoms with E-state index in [2.05, 4.69) is 46.4 Å². The summed E-state index contributed by atoms with van der Waals surface area (Å²) < 4.78 is 26.0. The number of likely N-dealkylation sites (tertiary alicyclic amines) is 1. The van der Waals surface area contributed by atoms with Crippen molar-refractivity contribution in [1.29, 1.82) is 0 Å². The van der Waals surface area contributed by atoms with Crippen molar-refractivity contribution in [1.82, 2.24) is 24.8 Å². The van der Waals surface area contributed by atoms with Crippen LogP contribution in [-0.2, 0) is 16.0 Å². The van der Waals surface area contributed by atoms with Crippen LogP contribution >= 0.6 is 15.9 Å². The third kappa shape index (κ3) is 8.69. The molecule has 0 spiro atoms. The molecule has 4 heterocycles. The van der Waals surface area contributed by atoms with Crippen LogP contribution in [0.1, 0.15) is 64.1 Å². The standard InChI is InChI=1S/C34H37BrFN6O4Si/c1-21-14-24(7-8-29(21)45-25-16-23(36)18-37-19-25)40-31-30-28(38-20-39-31)17-26(35)27(41-30)15-22-6-5-10-34(47,11-13-43)42(12-9-22)32(44)46-33(2,3)4/h7-8,13-14,16-20,22H,5-6,9-12,15H2,1-4H3,(H,38,39,40)/t22?,34-/m0/s1. The van der Waals surface area contributed by atoms with Gasteiger partial charge in [-0.25, -0.2) is 24.1 Å². The number of nitrogens with zero attached hydrogens (tertiary/aromatic N) is 5. The highest BCUT2D eigenvalue weighted by Crippen LogP contribution is 2.34. The lowest BCUT2D eigenvalue weighted by atomic mass is 9.88. The fraction of sp³-hybridized carbons (Fsp3) is 0.412. The molecule has 1 amide bonds. The van der Waals surface area contributed by atoms with Gasteiger partial charge in [0.2, 0.25) is 0 Å². The van der Waals surface area contributed by atoms with E-state index in [1.165, 1.54) is 18.6 Å². The maximum Gasteiger partial charge on any atom is 0.410 e. The number of fused-ring (bicyclic) bond motifs is 1. The second kappa shape index (κ2) is 14.4. The Kier molecular flexibility index (Phi) is 10.5. The highest BCUT2D eigenvalue weighted by atomic mass is 79.9. The Morgan fingerprint density at radius 1 is 1.21 bits per heavy atom. The minimum atomic E-state index is -0.784. The average molecular weight is 721 g/mol. The minimum absolute atomic E-state index is 0.182. The van der Waals surface area contributed by atoms with Crippen LogP contribution in [0.15, 0.2) is 53.5 Å². The number of aryl methyl sites for hydroxylation is 1. The maximum atomic E-state index is 13.6. The van der Waals surface area contributed by atoms with Crippen molar-refractivity contribution in [3.8, 4) is 11.5 Å². The number of halogens is 2. The number of benzene rings is 1. The van der Waals surface area contributed by atoms with Crippen LogP contribution in [0.4, 0.5) is 20.7 Å². The number of aromatic nitrogens is 4. The highest BCUT2D eigenvalue weighted by molar-refractivity contribution is 9.10. The number of nitrogens with one attached hydrogen (secondary N) is 1. The van der Waals surface area contributed by atoms with Crippen LogP contribution in [0.2, 0.25) is 0 Å². The van der Waals surface area contributed by atoms with Gasteiger partial charge in [0.15, 0.2) is 5.82 Å². The topological polar surface area (TPSA) is 119 Å². The van der Waals surface area contributed by atoms with Crippen LogP contribution in [0, 0.1) is 18.7 Å². The van der Waals surface area contributed by atoms with Gasteiger partial charge in [0.25, 0.3) is 0 Å². The van der Waals surface area contributed by atoms with E-state index in [1.807, 2.05) is 45.9 Å². The lowest BCUT2D eigenvalue weighted by Gasteiger charge is -2.43. The molecule has 10 nitrogen and oxygen atoms in total. The summed E-state index contributed by atoms with van der Waals surface area (Å²) in [7, 11) is 3.80. The lowest BCUT2D eigenvalue weighted by molar-refractivity contribution is -0.109. The lowest BCUT2D eigenvalue weighted by Crippen LogP contribution is -2.55. The van der Waals surface area contributed by atoms with Crippen LogP contribution in [0.3, 0.4) is 0 Å². The molecule has 1 unspecified atom stereocenters. The number of hydrogen-bond donors (Lipinski definition) is 1. The fourth-order valence-electron chi connectivity index (χ4n) is 5.69. The molecule has 1 fully saturated rings. The summed E-state index contributed by atoms with van der Waals surface area (Å²) in [5, 5.41) is 2.58. The van der Waals surface area contributed by atoms with Crippen LogP contribution in [0.5, 0.6) is 11.5 Å². The molecular weight excluding hydrogens is 683 g/mol. The van der Waals surface area contributed by atoms with Gasteiger partial charge in [-0.15, -0.1) is 0 Å². The van der Waals surface area contributed by atoms with Crippen LogP contribution in [0.25, 0.3) is 11.0 Å². The summed E-state index contributed by atoms with van der Waals surface area (Å²) in [5.74, 6) is 1.20. The van der Waals surface area contributed by atoms with Crippen LogP contribution in [-0.4, -0.2) is 64.8 Å². The van der Waals surface area contributed by atoms with Gasteiger partial charge in [-0.3, -0.25) is 4.98 Å². The molecule has 2 atom stereocenters. The first-order chi connectivity index (χ1) is 22.3. The molecular formula is C34H37BrFN6O4Si. The second-order valence-corrected chi connectivity index (χ2v) is 14.6. The number of amides is 1. The number of carbonyl (C=O) groups is 2. The number of ether oxygens (including phenoxy) is 2. The van der Waals surface area contributed by atoms with Crippen molar-refractivity contribution in [3.63, 3.8) is 0 Å². The molecule has 1 saturated heterocycles. The van der Waals surface area contributed by atoms with Crippen molar-refractivity contribution in [2.24, 2.45) is 5.92 Å². The predicted molar refractivity (Wildman–Crippen MR) is 182 cm³/mol. The Labute approximate surface area is 285 Å². The summed E-state index contributed by atoms with van der Waals surface area (Å²) in [6.45, 7) is 7.84. The zero-order chi connectivity index (χ0) is 33.8. The zero-order valence-electron chi connectivity index (χ0n) is 26.8. The van der Waals surface area contributed by atoms with Gasteiger partial charge < -0.3 is 24.5 Å². The summed E-state index contributed by atoms with van der Waals surface area (Å²) >= 11 is 3.71. The normalized spacial score (nSPS) is 18.7. The molecule has 0 saturated carbocycles. The van der Waals surface area contributed by atoms with Crippen molar-refractivity contribution < 1.29 is 23.5 Å². The van der Waals surface area contributed by atoms with Gasteiger partial charge >= 0.3 is 6.09 Å². The number of pyridine rings is 2. The molecule has 0 bridgehead atoms. The number of aldehydes is 1. The molecule has 47 heavy (non-hydrogen) atoms. The second-order valence-electron chi connectivity index (χ2n) is 12.8. The molecule has 0 aliphatic carbocycles. The molecule has 4 aromatic rings. The van der Waals surface area contributed by atoms with Gasteiger partial charge in [-0.1, -0.05) is 6.42 Å². The Bertz CT molecular complexity index is 1770. The summed E-state index contributed by atoms with van der Waals surface area (Å²) in [6.07, 6.45) is 8.41. The number of carbonyl (C=O) groups excluding carboxylic acids is 2. The first-order valence-electron chi connectivity index (χ1n) is 15.5. The number of rotatable bonds is 8. The largest absolute Gasteiger partial charge is 0.455 e. The van der Waals surface area contributed by atoms with Gasteiger partial charge in [-0.2, -0.15) is 0 Å². The molecule has 1 aliphatic rings. The third-order valence-corrected chi connectivity index (χ3v) is 9.39. The summed E-state index contributed by atoms with van der Waals surface area (Å²) in [4.78, 5) is 44.3. The van der Waals surface area contributed by atoms with Gasteiger partial charge in [0, 0.05) is 34.4 Å². The highest BCUT2D eigenvalue weighted by Gasteiger charge is 2.39.